The average molecular weight is 480 g/mol. The Bertz CT molecular complexity index is 1060. The van der Waals surface area contributed by atoms with Gasteiger partial charge in [-0.3, -0.25) is 13.9 Å². The van der Waals surface area contributed by atoms with E-state index in [-0.39, 0.29) is 12.5 Å². The first-order chi connectivity index (χ1) is 13.7. The van der Waals surface area contributed by atoms with Crippen molar-refractivity contribution < 1.29 is 18.0 Å². The monoisotopic (exact) mass is 479 g/mol. The Labute approximate surface area is 178 Å². The van der Waals surface area contributed by atoms with Crippen LogP contribution < -0.4 is 14.5 Å². The second kappa shape index (κ2) is 8.54. The molecule has 0 radical (unpaired) electrons. The van der Waals surface area contributed by atoms with E-state index < -0.39 is 15.9 Å². The number of nitrogens with one attached hydrogen (secondary N) is 1. The topological polar surface area (TPSA) is 86.8 Å². The number of nitrogens with zero attached hydrogens (tertiary/aromatic N) is 2. The molecule has 1 N–H and O–H groups in total. The lowest BCUT2D eigenvalue weighted by Gasteiger charge is -2.23. The molecule has 2 aromatic carbocycles. The minimum absolute atomic E-state index is 0.0992. The zero-order valence-corrected chi connectivity index (χ0v) is 18.6. The van der Waals surface area contributed by atoms with E-state index in [4.69, 9.17) is 0 Å². The molecule has 1 heterocycles. The summed E-state index contributed by atoms with van der Waals surface area (Å²) in [5.74, 6) is -0.363. The lowest BCUT2D eigenvalue weighted by Crippen LogP contribution is -2.37. The molecule has 154 valence electrons. The summed E-state index contributed by atoms with van der Waals surface area (Å²) in [7, 11) is -3.66. The maximum absolute atomic E-state index is 12.6. The van der Waals surface area contributed by atoms with Crippen molar-refractivity contribution in [3.63, 3.8) is 0 Å². The predicted molar refractivity (Wildman–Crippen MR) is 118 cm³/mol. The molecule has 0 aromatic heterocycles. The number of rotatable bonds is 6. The number of benzene rings is 2. The largest absolute Gasteiger partial charge is 0.325 e. The van der Waals surface area contributed by atoms with Gasteiger partial charge in [0.1, 0.15) is 6.54 Å². The first-order valence-electron chi connectivity index (χ1n) is 9.10. The first kappa shape index (κ1) is 21.3. The lowest BCUT2D eigenvalue weighted by molar-refractivity contribution is -0.117. The van der Waals surface area contributed by atoms with E-state index in [1.54, 1.807) is 47.4 Å². The molecule has 29 heavy (non-hydrogen) atoms. The minimum atomic E-state index is -3.66. The van der Waals surface area contributed by atoms with Crippen LogP contribution in [0.5, 0.6) is 0 Å². The molecule has 1 aliphatic rings. The third-order valence-corrected chi connectivity index (χ3v) is 6.45. The van der Waals surface area contributed by atoms with Crippen LogP contribution in [0.4, 0.5) is 17.1 Å². The van der Waals surface area contributed by atoms with Crippen LogP contribution in [0.15, 0.2) is 46.9 Å². The first-order valence-corrected chi connectivity index (χ1v) is 11.7. The summed E-state index contributed by atoms with van der Waals surface area (Å²) in [6.45, 7) is 2.22. The quantitative estimate of drug-likeness (QED) is 0.688. The van der Waals surface area contributed by atoms with E-state index in [2.05, 4.69) is 21.2 Å². The summed E-state index contributed by atoms with van der Waals surface area (Å²) < 4.78 is 26.1. The molecule has 0 spiro atoms. The highest BCUT2D eigenvalue weighted by molar-refractivity contribution is 9.10. The summed E-state index contributed by atoms with van der Waals surface area (Å²) in [6.07, 6.45) is 2.45. The third-order valence-electron chi connectivity index (χ3n) is 4.65. The van der Waals surface area contributed by atoms with Crippen molar-refractivity contribution in [2.24, 2.45) is 0 Å². The molecule has 0 atom stereocenters. The number of para-hydroxylation sites is 1. The van der Waals surface area contributed by atoms with Crippen molar-refractivity contribution in [2.45, 2.75) is 19.8 Å². The summed E-state index contributed by atoms with van der Waals surface area (Å²) >= 11 is 3.33. The highest BCUT2D eigenvalue weighted by atomic mass is 79.9. The van der Waals surface area contributed by atoms with Gasteiger partial charge in [-0.2, -0.15) is 0 Å². The van der Waals surface area contributed by atoms with Crippen LogP contribution in [0.25, 0.3) is 0 Å². The molecular formula is C20H22BrN3O4S. The van der Waals surface area contributed by atoms with Gasteiger partial charge in [-0.1, -0.05) is 12.1 Å². The SMILES string of the molecule is Cc1cc(NC(=O)CN(c2ccccc2Br)S(C)(=O)=O)ccc1N1CCCC1=O. The van der Waals surface area contributed by atoms with Gasteiger partial charge in [0.05, 0.1) is 11.9 Å². The maximum atomic E-state index is 12.6. The molecule has 1 aliphatic heterocycles. The van der Waals surface area contributed by atoms with Crippen LogP contribution in [0.1, 0.15) is 18.4 Å². The molecule has 9 heteroatoms. The minimum Gasteiger partial charge on any atom is -0.325 e. The van der Waals surface area contributed by atoms with Crippen molar-refractivity contribution in [3.8, 4) is 0 Å². The molecule has 1 saturated heterocycles. The summed E-state index contributed by atoms with van der Waals surface area (Å²) in [6, 6.07) is 12.1. The third kappa shape index (κ3) is 4.97. The molecule has 2 amide bonds. The number of hydrogen-bond donors (Lipinski definition) is 1. The van der Waals surface area contributed by atoms with E-state index in [1.165, 1.54) is 0 Å². The number of amides is 2. The van der Waals surface area contributed by atoms with Crippen LogP contribution in [0.2, 0.25) is 0 Å². The van der Waals surface area contributed by atoms with E-state index >= 15 is 0 Å². The van der Waals surface area contributed by atoms with E-state index in [1.807, 2.05) is 6.92 Å². The Morgan fingerprint density at radius 2 is 1.97 bits per heavy atom. The number of aryl methyl sites for hydroxylation is 1. The summed E-state index contributed by atoms with van der Waals surface area (Å²) in [4.78, 5) is 26.3. The normalized spacial score (nSPS) is 14.2. The van der Waals surface area contributed by atoms with Gasteiger partial charge < -0.3 is 10.2 Å². The van der Waals surface area contributed by atoms with Crippen molar-refractivity contribution in [3.05, 3.63) is 52.5 Å². The van der Waals surface area contributed by atoms with Crippen LogP contribution in [0, 0.1) is 6.92 Å². The van der Waals surface area contributed by atoms with Crippen LogP contribution in [0.3, 0.4) is 0 Å². The Morgan fingerprint density at radius 3 is 2.55 bits per heavy atom. The Morgan fingerprint density at radius 1 is 1.24 bits per heavy atom. The second-order valence-corrected chi connectivity index (χ2v) is 9.68. The van der Waals surface area contributed by atoms with E-state index in [0.717, 1.165) is 28.2 Å². The van der Waals surface area contributed by atoms with E-state index in [9.17, 15) is 18.0 Å². The van der Waals surface area contributed by atoms with Crippen molar-refractivity contribution in [2.75, 3.05) is 33.9 Å². The maximum Gasteiger partial charge on any atom is 0.245 e. The predicted octanol–water partition coefficient (Wildman–Crippen LogP) is 3.29. The summed E-state index contributed by atoms with van der Waals surface area (Å²) in [5, 5.41) is 2.74. The summed E-state index contributed by atoms with van der Waals surface area (Å²) in [5.41, 5.74) is 2.63. The Balaban J connectivity index is 1.76. The second-order valence-electron chi connectivity index (χ2n) is 6.92. The fraction of sp³-hybridized carbons (Fsp3) is 0.300. The molecule has 3 rings (SSSR count). The Kier molecular flexibility index (Phi) is 6.28. The van der Waals surface area contributed by atoms with Crippen LogP contribution in [-0.4, -0.2) is 39.6 Å². The molecular weight excluding hydrogens is 458 g/mol. The van der Waals surface area contributed by atoms with Crippen LogP contribution >= 0.6 is 15.9 Å². The zero-order chi connectivity index (χ0) is 21.2. The van der Waals surface area contributed by atoms with Crippen molar-refractivity contribution >= 4 is 54.8 Å². The number of carbonyl (C=O) groups excluding carboxylic acids is 2. The Hall–Kier alpha value is -2.39. The molecule has 0 bridgehead atoms. The van der Waals surface area contributed by atoms with Gasteiger partial charge in [0, 0.05) is 28.8 Å². The highest BCUT2D eigenvalue weighted by Crippen LogP contribution is 2.29. The van der Waals surface area contributed by atoms with Gasteiger partial charge >= 0.3 is 0 Å². The van der Waals surface area contributed by atoms with Gasteiger partial charge in [-0.15, -0.1) is 0 Å². The van der Waals surface area contributed by atoms with Gasteiger partial charge in [0.25, 0.3) is 0 Å². The average Bonchev–Trinajstić information content (AvgIpc) is 3.05. The standard InChI is InChI=1S/C20H22BrN3O4S/c1-14-12-15(9-10-17(14)23-11-5-8-20(23)26)22-19(25)13-24(29(2,27)28)18-7-4-3-6-16(18)21/h3-4,6-7,9-10,12H,5,8,11,13H2,1-2H3,(H,22,25). The fourth-order valence-electron chi connectivity index (χ4n) is 3.30. The van der Waals surface area contributed by atoms with Crippen molar-refractivity contribution in [1.29, 1.82) is 0 Å². The molecule has 0 unspecified atom stereocenters. The lowest BCUT2D eigenvalue weighted by atomic mass is 10.1. The van der Waals surface area contributed by atoms with E-state index in [0.29, 0.717) is 28.8 Å². The smallest absolute Gasteiger partial charge is 0.245 e. The van der Waals surface area contributed by atoms with Gasteiger partial charge in [0.15, 0.2) is 0 Å². The van der Waals surface area contributed by atoms with Gasteiger partial charge in [0.2, 0.25) is 21.8 Å². The molecule has 1 fully saturated rings. The number of sulfonamides is 1. The number of carbonyl (C=O) groups is 2. The number of halogens is 1. The molecule has 0 saturated carbocycles. The van der Waals surface area contributed by atoms with Crippen LogP contribution in [-0.2, 0) is 19.6 Å². The number of anilines is 3. The molecule has 0 aliphatic carbocycles. The highest BCUT2D eigenvalue weighted by Gasteiger charge is 2.24. The molecule has 7 nitrogen and oxygen atoms in total. The van der Waals surface area contributed by atoms with Gasteiger partial charge in [-0.05, 0) is 65.2 Å². The van der Waals surface area contributed by atoms with Gasteiger partial charge in [-0.25, -0.2) is 8.42 Å². The number of hydrogen-bond acceptors (Lipinski definition) is 4. The zero-order valence-electron chi connectivity index (χ0n) is 16.2. The fourth-order valence-corrected chi connectivity index (χ4v) is 4.79. The molecule has 2 aromatic rings. The van der Waals surface area contributed by atoms with Crippen molar-refractivity contribution in [1.82, 2.24) is 0 Å².